The van der Waals surface area contributed by atoms with E-state index in [2.05, 4.69) is 27.4 Å². The molecule has 3 aromatic rings. The second kappa shape index (κ2) is 7.40. The van der Waals surface area contributed by atoms with Gasteiger partial charge in [-0.3, -0.25) is 9.78 Å². The molecule has 3 rings (SSSR count). The van der Waals surface area contributed by atoms with E-state index in [9.17, 15) is 4.79 Å². The first-order valence-electron chi connectivity index (χ1n) is 7.71. The van der Waals surface area contributed by atoms with Gasteiger partial charge in [0.25, 0.3) is 5.56 Å². The smallest absolute Gasteiger partial charge is 0.252 e. The fourth-order valence-corrected chi connectivity index (χ4v) is 2.46. The van der Waals surface area contributed by atoms with E-state index >= 15 is 0 Å². The first kappa shape index (κ1) is 15.0. The summed E-state index contributed by atoms with van der Waals surface area (Å²) in [6, 6.07) is 21.8. The standard InChI is InChI=1S/C19H19N3O/c23-18-14-17(13-16-9-5-2-6-10-16)21-19(22-18)20-12-11-15-7-3-1-4-8-15/h1-10,14H,11-13H2,(H2,20,21,22,23). The van der Waals surface area contributed by atoms with Gasteiger partial charge in [0.2, 0.25) is 5.95 Å². The van der Waals surface area contributed by atoms with Crippen LogP contribution in [0.15, 0.2) is 71.5 Å². The number of hydrogen-bond acceptors (Lipinski definition) is 3. The largest absolute Gasteiger partial charge is 0.355 e. The summed E-state index contributed by atoms with van der Waals surface area (Å²) < 4.78 is 0. The van der Waals surface area contributed by atoms with Gasteiger partial charge in [-0.15, -0.1) is 0 Å². The van der Waals surface area contributed by atoms with Gasteiger partial charge < -0.3 is 5.32 Å². The molecule has 0 aliphatic heterocycles. The van der Waals surface area contributed by atoms with Gasteiger partial charge in [0.05, 0.1) is 5.69 Å². The molecule has 0 saturated heterocycles. The molecule has 0 radical (unpaired) electrons. The molecule has 2 N–H and O–H groups in total. The van der Waals surface area contributed by atoms with Crippen molar-refractivity contribution in [2.24, 2.45) is 0 Å². The van der Waals surface area contributed by atoms with Crippen LogP contribution >= 0.6 is 0 Å². The molecular weight excluding hydrogens is 286 g/mol. The van der Waals surface area contributed by atoms with Gasteiger partial charge in [0.1, 0.15) is 0 Å². The average molecular weight is 305 g/mol. The third-order valence-corrected chi connectivity index (χ3v) is 3.57. The molecule has 0 spiro atoms. The Hall–Kier alpha value is -2.88. The van der Waals surface area contributed by atoms with Gasteiger partial charge in [-0.05, 0) is 17.5 Å². The van der Waals surface area contributed by atoms with Gasteiger partial charge in [0, 0.05) is 19.0 Å². The van der Waals surface area contributed by atoms with Crippen LogP contribution in [0.25, 0.3) is 0 Å². The topological polar surface area (TPSA) is 57.8 Å². The number of anilines is 1. The summed E-state index contributed by atoms with van der Waals surface area (Å²) in [7, 11) is 0. The normalized spacial score (nSPS) is 10.4. The summed E-state index contributed by atoms with van der Waals surface area (Å²) in [5.74, 6) is 0.527. The van der Waals surface area contributed by atoms with E-state index in [1.165, 1.54) is 5.56 Å². The van der Waals surface area contributed by atoms with Crippen LogP contribution in [0.2, 0.25) is 0 Å². The Balaban J connectivity index is 1.64. The number of aromatic amines is 1. The Morgan fingerprint density at radius 1 is 0.913 bits per heavy atom. The van der Waals surface area contributed by atoms with Crippen molar-refractivity contribution < 1.29 is 0 Å². The maximum Gasteiger partial charge on any atom is 0.252 e. The van der Waals surface area contributed by atoms with E-state index < -0.39 is 0 Å². The molecular formula is C19H19N3O. The van der Waals surface area contributed by atoms with Crippen molar-refractivity contribution in [2.75, 3.05) is 11.9 Å². The highest BCUT2D eigenvalue weighted by atomic mass is 16.1. The number of nitrogens with zero attached hydrogens (tertiary/aromatic N) is 1. The monoisotopic (exact) mass is 305 g/mol. The molecule has 4 heteroatoms. The van der Waals surface area contributed by atoms with Gasteiger partial charge in [-0.25, -0.2) is 4.98 Å². The fraction of sp³-hybridized carbons (Fsp3) is 0.158. The molecule has 116 valence electrons. The van der Waals surface area contributed by atoms with E-state index in [1.54, 1.807) is 6.07 Å². The Morgan fingerprint density at radius 2 is 1.57 bits per heavy atom. The maximum absolute atomic E-state index is 11.8. The zero-order valence-corrected chi connectivity index (χ0v) is 12.8. The van der Waals surface area contributed by atoms with Crippen molar-refractivity contribution in [3.05, 3.63) is 93.9 Å². The third-order valence-electron chi connectivity index (χ3n) is 3.57. The summed E-state index contributed by atoms with van der Waals surface area (Å²) in [5.41, 5.74) is 3.03. The Bertz CT molecular complexity index is 798. The van der Waals surface area contributed by atoms with Gasteiger partial charge in [-0.2, -0.15) is 0 Å². The number of benzene rings is 2. The number of H-pyrrole nitrogens is 1. The number of nitrogens with one attached hydrogen (secondary N) is 2. The first-order valence-corrected chi connectivity index (χ1v) is 7.71. The molecule has 1 heterocycles. The van der Waals surface area contributed by atoms with Gasteiger partial charge in [-0.1, -0.05) is 60.7 Å². The molecule has 1 aromatic heterocycles. The zero-order valence-electron chi connectivity index (χ0n) is 12.8. The molecule has 0 unspecified atom stereocenters. The second-order valence-electron chi connectivity index (χ2n) is 5.41. The number of rotatable bonds is 6. The summed E-state index contributed by atoms with van der Waals surface area (Å²) >= 11 is 0. The predicted molar refractivity (Wildman–Crippen MR) is 92.7 cm³/mol. The zero-order chi connectivity index (χ0) is 15.9. The highest BCUT2D eigenvalue weighted by Crippen LogP contribution is 2.07. The van der Waals surface area contributed by atoms with Crippen LogP contribution < -0.4 is 10.9 Å². The van der Waals surface area contributed by atoms with Crippen molar-refractivity contribution in [2.45, 2.75) is 12.8 Å². The predicted octanol–water partition coefficient (Wildman–Crippen LogP) is 3.02. The van der Waals surface area contributed by atoms with E-state index in [0.29, 0.717) is 12.4 Å². The third kappa shape index (κ3) is 4.54. The van der Waals surface area contributed by atoms with E-state index in [-0.39, 0.29) is 5.56 Å². The lowest BCUT2D eigenvalue weighted by molar-refractivity contribution is 0.948. The maximum atomic E-state index is 11.8. The lowest BCUT2D eigenvalue weighted by Crippen LogP contribution is -2.15. The minimum Gasteiger partial charge on any atom is -0.355 e. The van der Waals surface area contributed by atoms with E-state index in [1.807, 2.05) is 48.5 Å². The summed E-state index contributed by atoms with van der Waals surface area (Å²) in [6.07, 6.45) is 1.53. The SMILES string of the molecule is O=c1cc(Cc2ccccc2)nc(NCCc2ccccc2)[nH]1. The Kier molecular flexibility index (Phi) is 4.84. The molecule has 4 nitrogen and oxygen atoms in total. The van der Waals surface area contributed by atoms with Crippen LogP contribution in [0.4, 0.5) is 5.95 Å². The van der Waals surface area contributed by atoms with Crippen LogP contribution in [-0.4, -0.2) is 16.5 Å². The Labute approximate surface area is 135 Å². The minimum absolute atomic E-state index is 0.131. The van der Waals surface area contributed by atoms with Crippen LogP contribution in [0, 0.1) is 0 Å². The van der Waals surface area contributed by atoms with Crippen molar-refractivity contribution in [1.82, 2.24) is 9.97 Å². The van der Waals surface area contributed by atoms with Crippen molar-refractivity contribution >= 4 is 5.95 Å². The van der Waals surface area contributed by atoms with Gasteiger partial charge in [0.15, 0.2) is 0 Å². The second-order valence-corrected chi connectivity index (χ2v) is 5.41. The van der Waals surface area contributed by atoms with Crippen molar-refractivity contribution in [1.29, 1.82) is 0 Å². The summed E-state index contributed by atoms with van der Waals surface area (Å²) in [5, 5.41) is 3.19. The molecule has 0 fully saturated rings. The molecule has 0 atom stereocenters. The fourth-order valence-electron chi connectivity index (χ4n) is 2.46. The van der Waals surface area contributed by atoms with Crippen LogP contribution in [0.3, 0.4) is 0 Å². The molecule has 0 bridgehead atoms. The highest BCUT2D eigenvalue weighted by molar-refractivity contribution is 5.29. The molecule has 0 aliphatic carbocycles. The van der Waals surface area contributed by atoms with Crippen molar-refractivity contribution in [3.63, 3.8) is 0 Å². The molecule has 0 saturated carbocycles. The lowest BCUT2D eigenvalue weighted by atomic mass is 10.1. The Morgan fingerprint density at radius 3 is 2.26 bits per heavy atom. The molecule has 23 heavy (non-hydrogen) atoms. The molecule has 0 aliphatic rings. The number of hydrogen-bond donors (Lipinski definition) is 2. The van der Waals surface area contributed by atoms with Gasteiger partial charge >= 0.3 is 0 Å². The van der Waals surface area contributed by atoms with E-state index in [4.69, 9.17) is 0 Å². The summed E-state index contributed by atoms with van der Waals surface area (Å²) in [4.78, 5) is 19.0. The molecule has 2 aromatic carbocycles. The minimum atomic E-state index is -0.131. The highest BCUT2D eigenvalue weighted by Gasteiger charge is 2.03. The number of aromatic nitrogens is 2. The van der Waals surface area contributed by atoms with Crippen LogP contribution in [0.5, 0.6) is 0 Å². The van der Waals surface area contributed by atoms with Crippen LogP contribution in [0.1, 0.15) is 16.8 Å². The summed E-state index contributed by atoms with van der Waals surface area (Å²) in [6.45, 7) is 0.724. The quantitative estimate of drug-likeness (QED) is 0.736. The van der Waals surface area contributed by atoms with Crippen molar-refractivity contribution in [3.8, 4) is 0 Å². The molecule has 0 amide bonds. The van der Waals surface area contributed by atoms with E-state index in [0.717, 1.165) is 24.2 Å². The van der Waals surface area contributed by atoms with Crippen LogP contribution in [-0.2, 0) is 12.8 Å². The lowest BCUT2D eigenvalue weighted by Gasteiger charge is -2.07. The average Bonchev–Trinajstić information content (AvgIpc) is 2.56. The first-order chi connectivity index (χ1) is 11.3.